The number of halogens is 1. The number of rotatable bonds is 4. The lowest BCUT2D eigenvalue weighted by Gasteiger charge is -2.29. The van der Waals surface area contributed by atoms with Crippen molar-refractivity contribution in [1.29, 1.82) is 0 Å². The lowest BCUT2D eigenvalue weighted by molar-refractivity contribution is 0.0924. The molecule has 1 aliphatic rings. The number of carbonyl (C=O) groups is 1. The fraction of sp³-hybridized carbons (Fsp3) is 0.533. The van der Waals surface area contributed by atoms with E-state index in [9.17, 15) is 9.18 Å². The first-order valence-electron chi connectivity index (χ1n) is 6.99. The molecule has 110 valence electrons. The van der Waals surface area contributed by atoms with Gasteiger partial charge < -0.3 is 15.4 Å². The summed E-state index contributed by atoms with van der Waals surface area (Å²) in [7, 11) is 1.46. The maximum absolute atomic E-state index is 13.8. The molecule has 1 aromatic carbocycles. The topological polar surface area (TPSA) is 50.4 Å². The summed E-state index contributed by atoms with van der Waals surface area (Å²) < 4.78 is 18.7. The zero-order chi connectivity index (χ0) is 14.5. The highest BCUT2D eigenvalue weighted by atomic mass is 19.1. The Hall–Kier alpha value is -1.62. The van der Waals surface area contributed by atoms with Crippen molar-refractivity contribution in [3.63, 3.8) is 0 Å². The molecule has 0 aromatic heterocycles. The average Bonchev–Trinajstić information content (AvgIpc) is 2.47. The molecule has 1 amide bonds. The average molecular weight is 280 g/mol. The van der Waals surface area contributed by atoms with E-state index in [4.69, 9.17) is 4.74 Å². The van der Waals surface area contributed by atoms with E-state index >= 15 is 0 Å². The van der Waals surface area contributed by atoms with E-state index in [0.717, 1.165) is 19.4 Å². The Morgan fingerprint density at radius 2 is 2.30 bits per heavy atom. The van der Waals surface area contributed by atoms with Crippen LogP contribution in [0.5, 0.6) is 5.75 Å². The number of methoxy groups -OCH3 is 1. The third kappa shape index (κ3) is 3.48. The van der Waals surface area contributed by atoms with E-state index in [2.05, 4.69) is 10.6 Å². The van der Waals surface area contributed by atoms with Crippen LogP contribution in [0.2, 0.25) is 0 Å². The molecule has 4 nitrogen and oxygen atoms in total. The zero-order valence-corrected chi connectivity index (χ0v) is 11.9. The van der Waals surface area contributed by atoms with Crippen molar-refractivity contribution in [2.75, 3.05) is 13.7 Å². The van der Waals surface area contributed by atoms with Gasteiger partial charge in [0.1, 0.15) is 11.6 Å². The highest BCUT2D eigenvalue weighted by molar-refractivity contribution is 5.94. The predicted molar refractivity (Wildman–Crippen MR) is 75.5 cm³/mol. The highest BCUT2D eigenvalue weighted by Gasteiger charge is 2.22. The molecule has 0 bridgehead atoms. The molecule has 1 aromatic rings. The molecular weight excluding hydrogens is 259 g/mol. The predicted octanol–water partition coefficient (Wildman–Crippen LogP) is 2.09. The smallest absolute Gasteiger partial charge is 0.254 e. The lowest BCUT2D eigenvalue weighted by Crippen LogP contribution is -2.50. The Morgan fingerprint density at radius 3 is 2.90 bits per heavy atom. The molecule has 5 heteroatoms. The molecule has 0 spiro atoms. The van der Waals surface area contributed by atoms with Gasteiger partial charge in [-0.1, -0.05) is 6.42 Å². The van der Waals surface area contributed by atoms with Gasteiger partial charge in [0.25, 0.3) is 5.91 Å². The first-order valence-corrected chi connectivity index (χ1v) is 6.99. The van der Waals surface area contributed by atoms with Gasteiger partial charge in [-0.25, -0.2) is 4.39 Å². The van der Waals surface area contributed by atoms with Crippen molar-refractivity contribution in [3.8, 4) is 5.75 Å². The van der Waals surface area contributed by atoms with Gasteiger partial charge in [-0.2, -0.15) is 0 Å². The summed E-state index contributed by atoms with van der Waals surface area (Å²) in [4.78, 5) is 12.1. The van der Waals surface area contributed by atoms with Crippen LogP contribution in [0.1, 0.15) is 36.5 Å². The normalized spacial score (nSPS) is 20.2. The van der Waals surface area contributed by atoms with Crippen molar-refractivity contribution >= 4 is 5.91 Å². The minimum atomic E-state index is -0.564. The molecule has 1 heterocycles. The Labute approximate surface area is 118 Å². The summed E-state index contributed by atoms with van der Waals surface area (Å²) in [6, 6.07) is 4.49. The molecule has 0 aliphatic carbocycles. The van der Waals surface area contributed by atoms with Crippen LogP contribution in [0.3, 0.4) is 0 Å². The third-order valence-corrected chi connectivity index (χ3v) is 3.73. The summed E-state index contributed by atoms with van der Waals surface area (Å²) in [5, 5.41) is 6.24. The van der Waals surface area contributed by atoms with Crippen LogP contribution < -0.4 is 15.4 Å². The maximum Gasteiger partial charge on any atom is 0.254 e. The summed E-state index contributed by atoms with van der Waals surface area (Å²) in [5.41, 5.74) is 0.0495. The van der Waals surface area contributed by atoms with Crippen molar-refractivity contribution in [2.45, 2.75) is 38.3 Å². The number of nitrogens with one attached hydrogen (secondary N) is 2. The largest absolute Gasteiger partial charge is 0.497 e. The monoisotopic (exact) mass is 280 g/mol. The number of amides is 1. The number of hydrogen-bond donors (Lipinski definition) is 2. The maximum atomic E-state index is 13.8. The standard InChI is InChI=1S/C15H21FN2O2/c1-10(14-5-3-4-8-17-14)18-15(19)12-7-6-11(20-2)9-13(12)16/h6-7,9-10,14,17H,3-5,8H2,1-2H3,(H,18,19). The van der Waals surface area contributed by atoms with Crippen molar-refractivity contribution < 1.29 is 13.9 Å². The zero-order valence-electron chi connectivity index (χ0n) is 11.9. The van der Waals surface area contributed by atoms with Crippen LogP contribution in [0.25, 0.3) is 0 Å². The number of ether oxygens (including phenoxy) is 1. The Morgan fingerprint density at radius 1 is 1.50 bits per heavy atom. The molecule has 0 saturated carbocycles. The fourth-order valence-electron chi connectivity index (χ4n) is 2.50. The number of benzene rings is 1. The van der Waals surface area contributed by atoms with Gasteiger partial charge in [0.15, 0.2) is 0 Å². The van der Waals surface area contributed by atoms with Gasteiger partial charge in [0.2, 0.25) is 0 Å². The first kappa shape index (κ1) is 14.8. The summed E-state index contributed by atoms with van der Waals surface area (Å²) in [6.07, 6.45) is 3.37. The van der Waals surface area contributed by atoms with Crippen molar-refractivity contribution in [2.24, 2.45) is 0 Å². The van der Waals surface area contributed by atoms with E-state index in [-0.39, 0.29) is 23.6 Å². The van der Waals surface area contributed by atoms with Gasteiger partial charge in [0, 0.05) is 18.2 Å². The van der Waals surface area contributed by atoms with Crippen molar-refractivity contribution in [1.82, 2.24) is 10.6 Å². The van der Waals surface area contributed by atoms with Crippen LogP contribution in [0.4, 0.5) is 4.39 Å². The van der Waals surface area contributed by atoms with Gasteiger partial charge in [-0.15, -0.1) is 0 Å². The second-order valence-electron chi connectivity index (χ2n) is 5.16. The molecule has 1 fully saturated rings. The third-order valence-electron chi connectivity index (χ3n) is 3.73. The quantitative estimate of drug-likeness (QED) is 0.888. The second kappa shape index (κ2) is 6.70. The lowest BCUT2D eigenvalue weighted by atomic mass is 9.99. The van der Waals surface area contributed by atoms with Crippen LogP contribution in [0, 0.1) is 5.82 Å². The molecule has 2 rings (SSSR count). The number of piperidine rings is 1. The van der Waals surface area contributed by atoms with E-state index in [1.807, 2.05) is 6.92 Å². The highest BCUT2D eigenvalue weighted by Crippen LogP contribution is 2.17. The summed E-state index contributed by atoms with van der Waals surface area (Å²) in [5.74, 6) is -0.545. The van der Waals surface area contributed by atoms with E-state index in [1.165, 1.54) is 25.7 Å². The molecule has 2 unspecified atom stereocenters. The van der Waals surface area contributed by atoms with Crippen LogP contribution in [0.15, 0.2) is 18.2 Å². The molecule has 1 saturated heterocycles. The van der Waals surface area contributed by atoms with E-state index < -0.39 is 5.82 Å². The van der Waals surface area contributed by atoms with E-state index in [0.29, 0.717) is 5.75 Å². The van der Waals surface area contributed by atoms with Gasteiger partial charge in [0.05, 0.1) is 12.7 Å². The minimum Gasteiger partial charge on any atom is -0.497 e. The van der Waals surface area contributed by atoms with Crippen LogP contribution in [-0.2, 0) is 0 Å². The van der Waals surface area contributed by atoms with Gasteiger partial charge in [-0.3, -0.25) is 4.79 Å². The molecule has 0 radical (unpaired) electrons. The first-order chi connectivity index (χ1) is 9.61. The van der Waals surface area contributed by atoms with Gasteiger partial charge >= 0.3 is 0 Å². The minimum absolute atomic E-state index is 0.0238. The molecule has 1 aliphatic heterocycles. The molecule has 2 atom stereocenters. The Balaban J connectivity index is 2.00. The van der Waals surface area contributed by atoms with Crippen molar-refractivity contribution in [3.05, 3.63) is 29.6 Å². The summed E-state index contributed by atoms with van der Waals surface area (Å²) >= 11 is 0. The number of hydrogen-bond acceptors (Lipinski definition) is 3. The van der Waals surface area contributed by atoms with Gasteiger partial charge in [-0.05, 0) is 38.4 Å². The molecular formula is C15H21FN2O2. The Kier molecular flexibility index (Phi) is 4.95. The fourth-order valence-corrected chi connectivity index (χ4v) is 2.50. The van der Waals surface area contributed by atoms with E-state index in [1.54, 1.807) is 6.07 Å². The number of carbonyl (C=O) groups excluding carboxylic acids is 1. The molecule has 2 N–H and O–H groups in total. The molecule has 20 heavy (non-hydrogen) atoms. The van der Waals surface area contributed by atoms with Crippen LogP contribution in [-0.4, -0.2) is 31.6 Å². The second-order valence-corrected chi connectivity index (χ2v) is 5.16. The van der Waals surface area contributed by atoms with Crippen LogP contribution >= 0.6 is 0 Å². The SMILES string of the molecule is COc1ccc(C(=O)NC(C)C2CCCCN2)c(F)c1. The Bertz CT molecular complexity index is 473. The summed E-state index contributed by atoms with van der Waals surface area (Å²) in [6.45, 7) is 2.92.